The lowest BCUT2D eigenvalue weighted by Gasteiger charge is -2.42. The maximum atomic E-state index is 2.48. The molecule has 0 radical (unpaired) electrons. The molecular formula is C23H32N+. The molecule has 0 saturated heterocycles. The first kappa shape index (κ1) is 17.2. The minimum Gasteiger partial charge on any atom is -0.323 e. The summed E-state index contributed by atoms with van der Waals surface area (Å²) in [5.41, 5.74) is 8.78. The van der Waals surface area contributed by atoms with Crippen molar-refractivity contribution in [3.63, 3.8) is 0 Å². The Bertz CT molecular complexity index is 693. The number of hydrogen-bond acceptors (Lipinski definition) is 0. The van der Waals surface area contributed by atoms with Gasteiger partial charge >= 0.3 is 0 Å². The lowest BCUT2D eigenvalue weighted by atomic mass is 9.78. The summed E-state index contributed by atoms with van der Waals surface area (Å²) >= 11 is 0. The van der Waals surface area contributed by atoms with Crippen LogP contribution in [0.2, 0.25) is 0 Å². The van der Waals surface area contributed by atoms with E-state index in [0.29, 0.717) is 0 Å². The lowest BCUT2D eigenvalue weighted by molar-refractivity contribution is -0.926. The molecular weight excluding hydrogens is 290 g/mol. The second-order valence-corrected chi connectivity index (χ2v) is 7.88. The summed E-state index contributed by atoms with van der Waals surface area (Å²) in [6, 6.07) is 14.1. The molecule has 1 aliphatic carbocycles. The third-order valence-electron chi connectivity index (χ3n) is 6.49. The highest BCUT2D eigenvalue weighted by molar-refractivity contribution is 5.81. The molecule has 0 aliphatic heterocycles. The number of nitrogens with zero attached hydrogens (tertiary/aromatic N) is 1. The number of hydrogen-bond donors (Lipinski definition) is 0. The van der Waals surface area contributed by atoms with E-state index in [4.69, 9.17) is 0 Å². The summed E-state index contributed by atoms with van der Waals surface area (Å²) in [6.07, 6.45) is 0. The minimum absolute atomic E-state index is 0.102. The smallest absolute Gasteiger partial charge is 0.0923 e. The molecule has 2 aromatic rings. The van der Waals surface area contributed by atoms with Gasteiger partial charge in [0.05, 0.1) is 31.6 Å². The minimum atomic E-state index is 0.102. The summed E-state index contributed by atoms with van der Waals surface area (Å²) in [6.45, 7) is 18.7. The first-order valence-corrected chi connectivity index (χ1v) is 9.47. The number of likely N-dealkylation sites (N-methyl/N-ethyl adjacent to an activating group) is 1. The monoisotopic (exact) mass is 322 g/mol. The predicted molar refractivity (Wildman–Crippen MR) is 105 cm³/mol. The average molecular weight is 323 g/mol. The van der Waals surface area contributed by atoms with Crippen LogP contribution in [0.5, 0.6) is 0 Å². The summed E-state index contributed by atoms with van der Waals surface area (Å²) < 4.78 is 1.18. The van der Waals surface area contributed by atoms with Gasteiger partial charge in [-0.25, -0.2) is 0 Å². The number of quaternary nitrogens is 1. The van der Waals surface area contributed by atoms with E-state index in [-0.39, 0.29) is 5.41 Å². The van der Waals surface area contributed by atoms with Gasteiger partial charge in [-0.2, -0.15) is 0 Å². The van der Waals surface area contributed by atoms with Crippen LogP contribution in [0.3, 0.4) is 0 Å². The van der Waals surface area contributed by atoms with Crippen LogP contribution in [0.25, 0.3) is 11.1 Å². The van der Waals surface area contributed by atoms with Gasteiger partial charge in [0.1, 0.15) is 0 Å². The predicted octanol–water partition coefficient (Wildman–Crippen LogP) is 5.47. The van der Waals surface area contributed by atoms with Gasteiger partial charge in [-0.3, -0.25) is 0 Å². The van der Waals surface area contributed by atoms with Crippen molar-refractivity contribution in [2.75, 3.05) is 26.2 Å². The standard InChI is InChI=1S/C23H32N/c1-7-24(8-2,9-3)16-23(6)21-14-17(4)10-12-19(21)20-13-11-18(5)15-22(20)23/h10-15H,7-9,16H2,1-6H3/q+1. The summed E-state index contributed by atoms with van der Waals surface area (Å²) in [7, 11) is 0. The van der Waals surface area contributed by atoms with Crippen molar-refractivity contribution < 1.29 is 4.48 Å². The number of rotatable bonds is 5. The van der Waals surface area contributed by atoms with Crippen molar-refractivity contribution in [2.45, 2.75) is 47.0 Å². The van der Waals surface area contributed by atoms with Crippen LogP contribution in [0.1, 0.15) is 49.9 Å². The van der Waals surface area contributed by atoms with Crippen molar-refractivity contribution in [1.29, 1.82) is 0 Å². The zero-order valence-electron chi connectivity index (χ0n) is 16.2. The van der Waals surface area contributed by atoms with Gasteiger partial charge in [0.2, 0.25) is 0 Å². The Morgan fingerprint density at radius 2 is 1.17 bits per heavy atom. The van der Waals surface area contributed by atoms with Crippen LogP contribution in [-0.2, 0) is 5.41 Å². The van der Waals surface area contributed by atoms with Crippen LogP contribution < -0.4 is 0 Å². The van der Waals surface area contributed by atoms with E-state index in [9.17, 15) is 0 Å². The maximum Gasteiger partial charge on any atom is 0.0923 e. The van der Waals surface area contributed by atoms with Crippen molar-refractivity contribution in [3.05, 3.63) is 58.7 Å². The fourth-order valence-corrected chi connectivity index (χ4v) is 4.69. The molecule has 0 bridgehead atoms. The average Bonchev–Trinajstić information content (AvgIpc) is 2.81. The zero-order valence-corrected chi connectivity index (χ0v) is 16.2. The largest absolute Gasteiger partial charge is 0.323 e. The Hall–Kier alpha value is -1.60. The molecule has 128 valence electrons. The molecule has 24 heavy (non-hydrogen) atoms. The van der Waals surface area contributed by atoms with Crippen LogP contribution in [0, 0.1) is 13.8 Å². The number of fused-ring (bicyclic) bond motifs is 3. The van der Waals surface area contributed by atoms with Crippen LogP contribution in [0.4, 0.5) is 0 Å². The topological polar surface area (TPSA) is 0 Å². The van der Waals surface area contributed by atoms with Gasteiger partial charge in [-0.1, -0.05) is 47.5 Å². The van der Waals surface area contributed by atoms with E-state index in [1.807, 2.05) is 0 Å². The molecule has 0 N–H and O–H groups in total. The summed E-state index contributed by atoms with van der Waals surface area (Å²) in [5.74, 6) is 0. The Morgan fingerprint density at radius 3 is 1.54 bits per heavy atom. The fourth-order valence-electron chi connectivity index (χ4n) is 4.69. The normalized spacial score (nSPS) is 15.2. The molecule has 1 heteroatoms. The molecule has 1 aliphatic rings. The molecule has 1 nitrogen and oxygen atoms in total. The van der Waals surface area contributed by atoms with Gasteiger partial charge < -0.3 is 4.48 Å². The summed E-state index contributed by atoms with van der Waals surface area (Å²) in [5, 5.41) is 0. The van der Waals surface area contributed by atoms with E-state index < -0.39 is 0 Å². The van der Waals surface area contributed by atoms with Gasteiger partial charge in [-0.05, 0) is 63.8 Å². The third-order valence-corrected chi connectivity index (χ3v) is 6.49. The first-order chi connectivity index (χ1) is 11.4. The maximum absolute atomic E-state index is 2.48. The van der Waals surface area contributed by atoms with Gasteiger partial charge in [0.15, 0.2) is 0 Å². The first-order valence-electron chi connectivity index (χ1n) is 9.47. The van der Waals surface area contributed by atoms with Crippen molar-refractivity contribution in [1.82, 2.24) is 0 Å². The highest BCUT2D eigenvalue weighted by Crippen LogP contribution is 2.50. The van der Waals surface area contributed by atoms with Gasteiger partial charge in [0, 0.05) is 0 Å². The molecule has 0 aromatic heterocycles. The van der Waals surface area contributed by atoms with Gasteiger partial charge in [0.25, 0.3) is 0 Å². The van der Waals surface area contributed by atoms with Crippen LogP contribution in [-0.4, -0.2) is 30.7 Å². The highest BCUT2D eigenvalue weighted by Gasteiger charge is 2.45. The molecule has 3 rings (SSSR count). The van der Waals surface area contributed by atoms with E-state index >= 15 is 0 Å². The molecule has 0 saturated carbocycles. The van der Waals surface area contributed by atoms with Crippen LogP contribution in [0.15, 0.2) is 36.4 Å². The zero-order chi connectivity index (χ0) is 17.5. The molecule has 0 unspecified atom stereocenters. The van der Waals surface area contributed by atoms with E-state index in [0.717, 1.165) is 0 Å². The van der Waals surface area contributed by atoms with Crippen molar-refractivity contribution in [3.8, 4) is 11.1 Å². The molecule has 0 spiro atoms. The SMILES string of the molecule is CC[N+](CC)(CC)CC1(C)c2cc(C)ccc2-c2ccc(C)cc21. The van der Waals surface area contributed by atoms with Crippen molar-refractivity contribution >= 4 is 0 Å². The van der Waals surface area contributed by atoms with Crippen LogP contribution >= 0.6 is 0 Å². The number of benzene rings is 2. The summed E-state index contributed by atoms with van der Waals surface area (Å²) in [4.78, 5) is 0. The molecule has 2 aromatic carbocycles. The second-order valence-electron chi connectivity index (χ2n) is 7.88. The molecule has 0 atom stereocenters. The Morgan fingerprint density at radius 1 is 0.750 bits per heavy atom. The third kappa shape index (κ3) is 2.50. The highest BCUT2D eigenvalue weighted by atomic mass is 15.3. The van der Waals surface area contributed by atoms with E-state index in [1.54, 1.807) is 0 Å². The lowest BCUT2D eigenvalue weighted by Crippen LogP contribution is -2.54. The Labute approximate surface area is 147 Å². The number of aryl methyl sites for hydroxylation is 2. The quantitative estimate of drug-likeness (QED) is 0.641. The molecule has 0 fully saturated rings. The van der Waals surface area contributed by atoms with E-state index in [1.165, 1.54) is 64.0 Å². The van der Waals surface area contributed by atoms with Gasteiger partial charge in [-0.15, -0.1) is 0 Å². The van der Waals surface area contributed by atoms with Crippen molar-refractivity contribution in [2.24, 2.45) is 0 Å². The molecule has 0 heterocycles. The second kappa shape index (κ2) is 6.04. The Kier molecular flexibility index (Phi) is 4.34. The van der Waals surface area contributed by atoms with E-state index in [2.05, 4.69) is 77.9 Å². The Balaban J connectivity index is 2.23. The molecule has 0 amide bonds. The fraction of sp³-hybridized carbons (Fsp3) is 0.478.